The Morgan fingerprint density at radius 3 is 2.89 bits per heavy atom. The highest BCUT2D eigenvalue weighted by Gasteiger charge is 2.09. The summed E-state index contributed by atoms with van der Waals surface area (Å²) in [5.41, 5.74) is 0.210. The fourth-order valence-electron chi connectivity index (χ4n) is 1.55. The molecule has 0 bridgehead atoms. The van der Waals surface area contributed by atoms with E-state index in [-0.39, 0.29) is 5.56 Å². The number of hydrogen-bond acceptors (Lipinski definition) is 6. The second kappa shape index (κ2) is 6.24. The maximum absolute atomic E-state index is 10.9. The van der Waals surface area contributed by atoms with Crippen LogP contribution < -0.4 is 10.9 Å². The van der Waals surface area contributed by atoms with Crippen LogP contribution in [0.4, 0.5) is 0 Å². The van der Waals surface area contributed by atoms with Crippen molar-refractivity contribution in [3.8, 4) is 11.6 Å². The van der Waals surface area contributed by atoms with Crippen molar-refractivity contribution in [3.63, 3.8) is 0 Å². The SMILES string of the molecule is CC(C)NCCCc1nnc(-c2ccc(=O)[nH]n2)o1. The first-order chi connectivity index (χ1) is 9.15. The number of aromatic amines is 1. The van der Waals surface area contributed by atoms with Crippen LogP contribution >= 0.6 is 0 Å². The van der Waals surface area contributed by atoms with E-state index in [2.05, 4.69) is 39.6 Å². The van der Waals surface area contributed by atoms with E-state index >= 15 is 0 Å². The Bertz CT molecular complexity index is 555. The molecule has 2 rings (SSSR count). The van der Waals surface area contributed by atoms with Crippen molar-refractivity contribution in [2.75, 3.05) is 6.54 Å². The molecule has 102 valence electrons. The van der Waals surface area contributed by atoms with E-state index in [4.69, 9.17) is 4.42 Å². The second-order valence-electron chi connectivity index (χ2n) is 4.52. The van der Waals surface area contributed by atoms with Gasteiger partial charge in [-0.25, -0.2) is 5.10 Å². The summed E-state index contributed by atoms with van der Waals surface area (Å²) < 4.78 is 5.48. The lowest BCUT2D eigenvalue weighted by atomic mass is 10.3. The Balaban J connectivity index is 1.92. The molecule has 7 heteroatoms. The van der Waals surface area contributed by atoms with Crippen molar-refractivity contribution in [1.29, 1.82) is 0 Å². The molecule has 7 nitrogen and oxygen atoms in total. The Morgan fingerprint density at radius 2 is 2.21 bits per heavy atom. The van der Waals surface area contributed by atoms with Gasteiger partial charge in [0, 0.05) is 18.5 Å². The molecule has 0 spiro atoms. The van der Waals surface area contributed by atoms with Crippen molar-refractivity contribution in [2.24, 2.45) is 0 Å². The standard InChI is InChI=1S/C12H17N5O2/c1-8(2)13-7-3-4-11-16-17-12(19-11)9-5-6-10(18)15-14-9/h5-6,8,13H,3-4,7H2,1-2H3,(H,15,18). The van der Waals surface area contributed by atoms with Gasteiger partial charge in [0.1, 0.15) is 5.69 Å². The maximum atomic E-state index is 10.9. The highest BCUT2D eigenvalue weighted by Crippen LogP contribution is 2.13. The fraction of sp³-hybridized carbons (Fsp3) is 0.500. The predicted molar refractivity (Wildman–Crippen MR) is 69.6 cm³/mol. The Kier molecular flexibility index (Phi) is 4.40. The molecule has 0 aliphatic carbocycles. The summed E-state index contributed by atoms with van der Waals surface area (Å²) in [4.78, 5) is 10.9. The Morgan fingerprint density at radius 1 is 1.37 bits per heavy atom. The van der Waals surface area contributed by atoms with Gasteiger partial charge in [-0.3, -0.25) is 4.79 Å². The van der Waals surface area contributed by atoms with Crippen LogP contribution in [0.25, 0.3) is 11.6 Å². The predicted octanol–water partition coefficient (Wildman–Crippen LogP) is 0.750. The van der Waals surface area contributed by atoms with Crippen molar-refractivity contribution in [1.82, 2.24) is 25.7 Å². The lowest BCUT2D eigenvalue weighted by molar-refractivity contribution is 0.482. The smallest absolute Gasteiger partial charge is 0.268 e. The molecule has 0 radical (unpaired) electrons. The zero-order valence-corrected chi connectivity index (χ0v) is 11.0. The van der Waals surface area contributed by atoms with Gasteiger partial charge in [-0.1, -0.05) is 13.8 Å². The van der Waals surface area contributed by atoms with E-state index < -0.39 is 0 Å². The number of rotatable bonds is 6. The van der Waals surface area contributed by atoms with Gasteiger partial charge in [0.15, 0.2) is 0 Å². The molecule has 2 heterocycles. The van der Waals surface area contributed by atoms with Gasteiger partial charge in [0.05, 0.1) is 0 Å². The maximum Gasteiger partial charge on any atom is 0.268 e. The van der Waals surface area contributed by atoms with Crippen molar-refractivity contribution in [2.45, 2.75) is 32.7 Å². The van der Waals surface area contributed by atoms with E-state index in [9.17, 15) is 4.79 Å². The van der Waals surface area contributed by atoms with Gasteiger partial charge in [-0.15, -0.1) is 10.2 Å². The molecule has 0 aliphatic heterocycles. The summed E-state index contributed by atoms with van der Waals surface area (Å²) >= 11 is 0. The van der Waals surface area contributed by atoms with Crippen LogP contribution in [-0.4, -0.2) is 33.0 Å². The molecular weight excluding hydrogens is 246 g/mol. The summed E-state index contributed by atoms with van der Waals surface area (Å²) in [5, 5.41) is 17.3. The summed E-state index contributed by atoms with van der Waals surface area (Å²) in [5.74, 6) is 0.900. The van der Waals surface area contributed by atoms with Gasteiger partial charge < -0.3 is 9.73 Å². The first-order valence-corrected chi connectivity index (χ1v) is 6.27. The van der Waals surface area contributed by atoms with Crippen LogP contribution in [0.2, 0.25) is 0 Å². The monoisotopic (exact) mass is 263 g/mol. The zero-order valence-electron chi connectivity index (χ0n) is 11.0. The first-order valence-electron chi connectivity index (χ1n) is 6.27. The average molecular weight is 263 g/mol. The topological polar surface area (TPSA) is 96.7 Å². The number of hydrogen-bond donors (Lipinski definition) is 2. The van der Waals surface area contributed by atoms with Gasteiger partial charge in [0.2, 0.25) is 5.89 Å². The van der Waals surface area contributed by atoms with Gasteiger partial charge in [-0.05, 0) is 19.0 Å². The summed E-state index contributed by atoms with van der Waals surface area (Å²) in [6.45, 7) is 5.12. The van der Waals surface area contributed by atoms with Crippen LogP contribution in [0.1, 0.15) is 26.2 Å². The lowest BCUT2D eigenvalue weighted by Crippen LogP contribution is -2.23. The van der Waals surface area contributed by atoms with Crippen LogP contribution in [0, 0.1) is 0 Å². The van der Waals surface area contributed by atoms with Gasteiger partial charge in [-0.2, -0.15) is 5.10 Å². The van der Waals surface area contributed by atoms with E-state index in [1.54, 1.807) is 6.07 Å². The molecular formula is C12H17N5O2. The largest absolute Gasteiger partial charge is 0.419 e. The average Bonchev–Trinajstić information content (AvgIpc) is 2.84. The van der Waals surface area contributed by atoms with Crippen LogP contribution in [0.5, 0.6) is 0 Å². The van der Waals surface area contributed by atoms with Crippen LogP contribution in [-0.2, 0) is 6.42 Å². The minimum Gasteiger partial charge on any atom is -0.419 e. The summed E-state index contributed by atoms with van der Waals surface area (Å²) in [7, 11) is 0. The minimum absolute atomic E-state index is 0.261. The molecule has 0 atom stereocenters. The minimum atomic E-state index is -0.261. The third kappa shape index (κ3) is 3.99. The molecule has 0 aromatic carbocycles. The second-order valence-corrected chi connectivity index (χ2v) is 4.52. The van der Waals surface area contributed by atoms with E-state index in [1.807, 2.05) is 0 Å². The summed E-state index contributed by atoms with van der Waals surface area (Å²) in [6, 6.07) is 3.40. The molecule has 0 aliphatic rings. The molecule has 19 heavy (non-hydrogen) atoms. The zero-order chi connectivity index (χ0) is 13.7. The van der Waals surface area contributed by atoms with Crippen molar-refractivity contribution >= 4 is 0 Å². The number of aromatic nitrogens is 4. The highest BCUT2D eigenvalue weighted by atomic mass is 16.4. The Labute approximate surface area is 110 Å². The molecule has 0 amide bonds. The van der Waals surface area contributed by atoms with Crippen LogP contribution in [0.3, 0.4) is 0 Å². The van der Waals surface area contributed by atoms with Crippen LogP contribution in [0.15, 0.2) is 21.3 Å². The Hall–Kier alpha value is -2.02. The van der Waals surface area contributed by atoms with Gasteiger partial charge in [0.25, 0.3) is 11.4 Å². The normalized spacial score (nSPS) is 11.1. The highest BCUT2D eigenvalue weighted by molar-refractivity contribution is 5.43. The number of nitrogens with one attached hydrogen (secondary N) is 2. The number of H-pyrrole nitrogens is 1. The fourth-order valence-corrected chi connectivity index (χ4v) is 1.55. The van der Waals surface area contributed by atoms with E-state index in [0.717, 1.165) is 19.4 Å². The van der Waals surface area contributed by atoms with Crippen molar-refractivity contribution < 1.29 is 4.42 Å². The molecule has 0 unspecified atom stereocenters. The molecule has 2 aromatic heterocycles. The quantitative estimate of drug-likeness (QED) is 0.746. The van der Waals surface area contributed by atoms with E-state index in [1.165, 1.54) is 6.07 Å². The molecule has 2 N–H and O–H groups in total. The van der Waals surface area contributed by atoms with E-state index in [0.29, 0.717) is 23.5 Å². The third-order valence-corrected chi connectivity index (χ3v) is 2.49. The number of aryl methyl sites for hydroxylation is 1. The van der Waals surface area contributed by atoms with Gasteiger partial charge >= 0.3 is 0 Å². The lowest BCUT2D eigenvalue weighted by Gasteiger charge is -2.05. The summed E-state index contributed by atoms with van der Waals surface area (Å²) in [6.07, 6.45) is 1.65. The third-order valence-electron chi connectivity index (χ3n) is 2.49. The molecule has 2 aromatic rings. The molecule has 0 saturated carbocycles. The molecule has 0 saturated heterocycles. The molecule has 0 fully saturated rings. The van der Waals surface area contributed by atoms with Crippen molar-refractivity contribution in [3.05, 3.63) is 28.4 Å². The first kappa shape index (κ1) is 13.4. The number of nitrogens with zero attached hydrogens (tertiary/aromatic N) is 3.